The lowest BCUT2D eigenvalue weighted by molar-refractivity contribution is 0.415. The number of nitrogens with zero attached hydrogens (tertiary/aromatic N) is 2. The van der Waals surface area contributed by atoms with Crippen LogP contribution in [-0.2, 0) is 0 Å². The fourth-order valence-electron chi connectivity index (χ4n) is 3.59. The molecule has 0 radical (unpaired) electrons. The van der Waals surface area contributed by atoms with Crippen molar-refractivity contribution in [3.63, 3.8) is 0 Å². The summed E-state index contributed by atoms with van der Waals surface area (Å²) in [6.07, 6.45) is 3.53. The third kappa shape index (κ3) is 1.72. The van der Waals surface area contributed by atoms with E-state index >= 15 is 0 Å². The molecule has 24 heavy (non-hydrogen) atoms. The molecule has 0 saturated carbocycles. The van der Waals surface area contributed by atoms with Gasteiger partial charge < -0.3 is 4.74 Å². The SMILES string of the molecule is COc1ccc2c(c1)c1ccc3ccccc3c1c1cncnc21. The molecule has 1 heterocycles. The van der Waals surface area contributed by atoms with Crippen LogP contribution >= 0.6 is 0 Å². The summed E-state index contributed by atoms with van der Waals surface area (Å²) in [5.41, 5.74) is 0.978. The normalized spacial score (nSPS) is 11.5. The van der Waals surface area contributed by atoms with E-state index in [2.05, 4.69) is 58.5 Å². The van der Waals surface area contributed by atoms with E-state index in [1.807, 2.05) is 12.3 Å². The fourth-order valence-corrected chi connectivity index (χ4v) is 3.59. The summed E-state index contributed by atoms with van der Waals surface area (Å²) in [7, 11) is 1.70. The first-order chi connectivity index (χ1) is 11.9. The van der Waals surface area contributed by atoms with Crippen LogP contribution in [0, 0.1) is 0 Å². The second-order valence-electron chi connectivity index (χ2n) is 5.91. The van der Waals surface area contributed by atoms with Crippen LogP contribution in [0.1, 0.15) is 0 Å². The van der Waals surface area contributed by atoms with E-state index in [0.29, 0.717) is 0 Å². The summed E-state index contributed by atoms with van der Waals surface area (Å²) in [5, 5.41) is 8.20. The standard InChI is InChI=1S/C21H14N2O/c1-24-14-7-9-17-18(10-14)16-8-6-13-4-2-3-5-15(13)20(16)19-11-22-12-23-21(17)19/h2-12H,1H3. The van der Waals surface area contributed by atoms with E-state index < -0.39 is 0 Å². The van der Waals surface area contributed by atoms with Gasteiger partial charge >= 0.3 is 0 Å². The van der Waals surface area contributed by atoms with Gasteiger partial charge in [-0.2, -0.15) is 0 Å². The quantitative estimate of drug-likeness (QED) is 0.404. The molecule has 0 N–H and O–H groups in total. The summed E-state index contributed by atoms with van der Waals surface area (Å²) < 4.78 is 5.44. The molecule has 0 fully saturated rings. The van der Waals surface area contributed by atoms with Gasteiger partial charge in [0, 0.05) is 22.4 Å². The Balaban J connectivity index is 2.16. The van der Waals surface area contributed by atoms with E-state index in [4.69, 9.17) is 4.74 Å². The molecule has 5 rings (SSSR count). The zero-order valence-corrected chi connectivity index (χ0v) is 13.2. The van der Waals surface area contributed by atoms with Gasteiger partial charge in [-0.3, -0.25) is 0 Å². The monoisotopic (exact) mass is 310 g/mol. The third-order valence-electron chi connectivity index (χ3n) is 4.68. The van der Waals surface area contributed by atoms with Crippen molar-refractivity contribution in [1.29, 1.82) is 0 Å². The van der Waals surface area contributed by atoms with Gasteiger partial charge in [0.05, 0.1) is 12.6 Å². The number of aromatic nitrogens is 2. The predicted octanol–water partition coefficient (Wildman–Crippen LogP) is 5.10. The minimum atomic E-state index is 0.852. The minimum absolute atomic E-state index is 0.852. The molecule has 5 aromatic rings. The Labute approximate surface area is 138 Å². The Bertz CT molecular complexity index is 1240. The highest BCUT2D eigenvalue weighted by Gasteiger charge is 2.12. The van der Waals surface area contributed by atoms with Crippen molar-refractivity contribution in [3.8, 4) is 5.75 Å². The molecule has 0 atom stereocenters. The van der Waals surface area contributed by atoms with Crippen LogP contribution in [0.25, 0.3) is 43.2 Å². The van der Waals surface area contributed by atoms with Gasteiger partial charge in [0.25, 0.3) is 0 Å². The lowest BCUT2D eigenvalue weighted by Crippen LogP contribution is -1.90. The highest BCUT2D eigenvalue weighted by atomic mass is 16.5. The molecule has 0 aliphatic carbocycles. The lowest BCUT2D eigenvalue weighted by Gasteiger charge is -2.12. The number of hydrogen-bond acceptors (Lipinski definition) is 3. The molecule has 0 bridgehead atoms. The summed E-state index contributed by atoms with van der Waals surface area (Å²) in [6.45, 7) is 0. The molecule has 114 valence electrons. The van der Waals surface area contributed by atoms with Crippen molar-refractivity contribution >= 4 is 43.2 Å². The van der Waals surface area contributed by atoms with Crippen molar-refractivity contribution in [2.24, 2.45) is 0 Å². The molecule has 1 aromatic heterocycles. The topological polar surface area (TPSA) is 35.0 Å². The van der Waals surface area contributed by atoms with Crippen LogP contribution in [0.4, 0.5) is 0 Å². The van der Waals surface area contributed by atoms with Crippen LogP contribution in [0.15, 0.2) is 67.1 Å². The summed E-state index contributed by atoms with van der Waals surface area (Å²) in [4.78, 5) is 8.84. The first-order valence-corrected chi connectivity index (χ1v) is 7.88. The molecule has 0 spiro atoms. The number of rotatable bonds is 1. The molecule has 0 aliphatic rings. The molecule has 4 aromatic carbocycles. The van der Waals surface area contributed by atoms with E-state index in [-0.39, 0.29) is 0 Å². The third-order valence-corrected chi connectivity index (χ3v) is 4.68. The van der Waals surface area contributed by atoms with Crippen LogP contribution in [0.2, 0.25) is 0 Å². The maximum Gasteiger partial charge on any atom is 0.119 e. The number of hydrogen-bond donors (Lipinski definition) is 0. The molecule has 3 nitrogen and oxygen atoms in total. The van der Waals surface area contributed by atoms with E-state index in [9.17, 15) is 0 Å². The second kappa shape index (κ2) is 4.90. The number of benzene rings is 4. The zero-order valence-electron chi connectivity index (χ0n) is 13.2. The van der Waals surface area contributed by atoms with E-state index in [1.54, 1.807) is 13.4 Å². The van der Waals surface area contributed by atoms with Crippen molar-refractivity contribution in [3.05, 3.63) is 67.1 Å². The van der Waals surface area contributed by atoms with Crippen LogP contribution < -0.4 is 4.74 Å². The zero-order chi connectivity index (χ0) is 16.1. The maximum absolute atomic E-state index is 5.44. The molecule has 0 amide bonds. The molecule has 0 unspecified atom stereocenters. The average molecular weight is 310 g/mol. The Kier molecular flexibility index (Phi) is 2.71. The Hall–Kier alpha value is -3.20. The van der Waals surface area contributed by atoms with Crippen molar-refractivity contribution < 1.29 is 4.74 Å². The average Bonchev–Trinajstić information content (AvgIpc) is 2.67. The van der Waals surface area contributed by atoms with Crippen LogP contribution in [0.5, 0.6) is 5.75 Å². The predicted molar refractivity (Wildman–Crippen MR) is 98.6 cm³/mol. The maximum atomic E-state index is 5.44. The summed E-state index contributed by atoms with van der Waals surface area (Å²) in [6, 6.07) is 19.0. The van der Waals surface area contributed by atoms with E-state index in [0.717, 1.165) is 27.4 Å². The van der Waals surface area contributed by atoms with Gasteiger partial charge in [0.15, 0.2) is 0 Å². The van der Waals surface area contributed by atoms with Gasteiger partial charge in [-0.25, -0.2) is 9.97 Å². The van der Waals surface area contributed by atoms with Gasteiger partial charge in [-0.05, 0) is 39.7 Å². The van der Waals surface area contributed by atoms with Crippen molar-refractivity contribution in [2.75, 3.05) is 7.11 Å². The molecule has 3 heteroatoms. The number of ether oxygens (including phenoxy) is 1. The highest BCUT2D eigenvalue weighted by molar-refractivity contribution is 6.30. The van der Waals surface area contributed by atoms with E-state index in [1.165, 1.54) is 21.5 Å². The Morgan fingerprint density at radius 1 is 0.792 bits per heavy atom. The Morgan fingerprint density at radius 3 is 2.58 bits per heavy atom. The van der Waals surface area contributed by atoms with Gasteiger partial charge in [0.1, 0.15) is 12.1 Å². The van der Waals surface area contributed by atoms with Gasteiger partial charge in [-0.15, -0.1) is 0 Å². The smallest absolute Gasteiger partial charge is 0.119 e. The Morgan fingerprint density at radius 2 is 1.67 bits per heavy atom. The lowest BCUT2D eigenvalue weighted by atomic mass is 9.93. The first kappa shape index (κ1) is 13.3. The highest BCUT2D eigenvalue weighted by Crippen LogP contribution is 2.38. The summed E-state index contributed by atoms with van der Waals surface area (Å²) >= 11 is 0. The minimum Gasteiger partial charge on any atom is -0.497 e. The van der Waals surface area contributed by atoms with Crippen molar-refractivity contribution in [1.82, 2.24) is 9.97 Å². The van der Waals surface area contributed by atoms with Crippen molar-refractivity contribution in [2.45, 2.75) is 0 Å². The molecular formula is C21H14N2O. The van der Waals surface area contributed by atoms with Gasteiger partial charge in [-0.1, -0.05) is 36.4 Å². The second-order valence-corrected chi connectivity index (χ2v) is 5.91. The number of fused-ring (bicyclic) bond motifs is 8. The fraction of sp³-hybridized carbons (Fsp3) is 0.0476. The molecular weight excluding hydrogens is 296 g/mol. The molecule has 0 aliphatic heterocycles. The molecule has 0 saturated heterocycles. The van der Waals surface area contributed by atoms with Gasteiger partial charge in [0.2, 0.25) is 0 Å². The first-order valence-electron chi connectivity index (χ1n) is 7.88. The van der Waals surface area contributed by atoms with Crippen LogP contribution in [-0.4, -0.2) is 17.1 Å². The van der Waals surface area contributed by atoms with Crippen LogP contribution in [0.3, 0.4) is 0 Å². The summed E-state index contributed by atoms with van der Waals surface area (Å²) in [5.74, 6) is 0.852. The number of methoxy groups -OCH3 is 1. The largest absolute Gasteiger partial charge is 0.497 e.